The van der Waals surface area contributed by atoms with Crippen molar-refractivity contribution < 1.29 is 4.79 Å². The smallest absolute Gasteiger partial charge is 0.138 e. The number of anilines is 1. The Balaban J connectivity index is 1.38. The van der Waals surface area contributed by atoms with Crippen molar-refractivity contribution in [3.05, 3.63) is 65.5 Å². The lowest BCUT2D eigenvalue weighted by atomic mass is 10.1. The number of piperazine rings is 1. The Morgan fingerprint density at radius 2 is 2.00 bits per heavy atom. The number of carbonyl (C=O) groups is 1. The standard InChI is InChI=1S/C24H25N5O/c1-18-4-6-19(7-5-18)3-2-10-28-11-12-29(21(15-28)16-30)14-20-8-9-22-23(13-20)26-17-27-24(22)25/h4-9,13,16-17,21H,10-12,14-15H2,1H3,(H2,25,26,27). The predicted octanol–water partition coefficient (Wildman–Crippen LogP) is 2.26. The Morgan fingerprint density at radius 1 is 1.17 bits per heavy atom. The van der Waals surface area contributed by atoms with Crippen LogP contribution < -0.4 is 5.73 Å². The number of fused-ring (bicyclic) bond motifs is 1. The van der Waals surface area contributed by atoms with Crippen LogP contribution in [0.1, 0.15) is 16.7 Å². The van der Waals surface area contributed by atoms with Gasteiger partial charge in [0.2, 0.25) is 0 Å². The van der Waals surface area contributed by atoms with Gasteiger partial charge < -0.3 is 10.5 Å². The third kappa shape index (κ3) is 4.65. The van der Waals surface area contributed by atoms with Crippen LogP contribution in [0.5, 0.6) is 0 Å². The van der Waals surface area contributed by atoms with E-state index in [1.165, 1.54) is 11.9 Å². The van der Waals surface area contributed by atoms with Crippen LogP contribution in [0.3, 0.4) is 0 Å². The summed E-state index contributed by atoms with van der Waals surface area (Å²) < 4.78 is 0. The average Bonchev–Trinajstić information content (AvgIpc) is 2.76. The topological polar surface area (TPSA) is 75.3 Å². The van der Waals surface area contributed by atoms with Gasteiger partial charge in [-0.2, -0.15) is 0 Å². The van der Waals surface area contributed by atoms with Gasteiger partial charge in [-0.05, 0) is 36.8 Å². The Hall–Kier alpha value is -3.27. The molecule has 0 spiro atoms. The highest BCUT2D eigenvalue weighted by atomic mass is 16.1. The molecule has 6 heteroatoms. The van der Waals surface area contributed by atoms with Gasteiger partial charge in [-0.15, -0.1) is 0 Å². The van der Waals surface area contributed by atoms with E-state index in [9.17, 15) is 4.79 Å². The summed E-state index contributed by atoms with van der Waals surface area (Å²) >= 11 is 0. The van der Waals surface area contributed by atoms with Crippen molar-refractivity contribution in [3.8, 4) is 11.8 Å². The molecule has 1 aliphatic heterocycles. The van der Waals surface area contributed by atoms with Crippen molar-refractivity contribution in [2.75, 3.05) is 31.9 Å². The Labute approximate surface area is 176 Å². The first-order chi connectivity index (χ1) is 14.6. The second kappa shape index (κ2) is 9.04. The fourth-order valence-electron chi connectivity index (χ4n) is 3.72. The van der Waals surface area contributed by atoms with E-state index in [1.807, 2.05) is 30.3 Å². The summed E-state index contributed by atoms with van der Waals surface area (Å²) in [7, 11) is 0. The number of aryl methyl sites for hydroxylation is 1. The molecule has 1 saturated heterocycles. The van der Waals surface area contributed by atoms with Gasteiger partial charge in [-0.25, -0.2) is 9.97 Å². The number of hydrogen-bond donors (Lipinski definition) is 1. The molecular formula is C24H25N5O. The summed E-state index contributed by atoms with van der Waals surface area (Å²) in [5, 5.41) is 0.852. The van der Waals surface area contributed by atoms with E-state index in [4.69, 9.17) is 5.73 Å². The van der Waals surface area contributed by atoms with Crippen molar-refractivity contribution in [3.63, 3.8) is 0 Å². The van der Waals surface area contributed by atoms with E-state index in [1.54, 1.807) is 0 Å². The Kier molecular flexibility index (Phi) is 6.03. The molecule has 6 nitrogen and oxygen atoms in total. The number of aldehydes is 1. The fourth-order valence-corrected chi connectivity index (χ4v) is 3.72. The van der Waals surface area contributed by atoms with E-state index in [0.717, 1.165) is 41.4 Å². The van der Waals surface area contributed by atoms with Crippen LogP contribution in [-0.2, 0) is 11.3 Å². The average molecular weight is 399 g/mol. The summed E-state index contributed by atoms with van der Waals surface area (Å²) in [4.78, 5) is 24.5. The summed E-state index contributed by atoms with van der Waals surface area (Å²) in [5.74, 6) is 6.93. The van der Waals surface area contributed by atoms with Gasteiger partial charge in [-0.1, -0.05) is 35.6 Å². The molecule has 4 rings (SSSR count). The maximum atomic E-state index is 11.7. The van der Waals surface area contributed by atoms with E-state index < -0.39 is 0 Å². The van der Waals surface area contributed by atoms with E-state index in [-0.39, 0.29) is 6.04 Å². The molecule has 1 atom stereocenters. The van der Waals surface area contributed by atoms with Crippen molar-refractivity contribution >= 4 is 23.0 Å². The van der Waals surface area contributed by atoms with Gasteiger partial charge in [0.25, 0.3) is 0 Å². The van der Waals surface area contributed by atoms with Crippen molar-refractivity contribution in [1.29, 1.82) is 0 Å². The lowest BCUT2D eigenvalue weighted by Crippen LogP contribution is -2.53. The summed E-state index contributed by atoms with van der Waals surface area (Å²) in [6, 6.07) is 14.1. The number of hydrogen-bond acceptors (Lipinski definition) is 6. The number of nitrogens with zero attached hydrogens (tertiary/aromatic N) is 4. The molecule has 1 fully saturated rings. The zero-order valence-electron chi connectivity index (χ0n) is 17.1. The second-order valence-corrected chi connectivity index (χ2v) is 7.69. The SMILES string of the molecule is Cc1ccc(C#CCN2CCN(Cc3ccc4c(N)ncnc4c3)C(C=O)C2)cc1. The normalized spacial score (nSPS) is 17.4. The van der Waals surface area contributed by atoms with Crippen molar-refractivity contribution in [2.45, 2.75) is 19.5 Å². The molecule has 2 aromatic carbocycles. The third-order valence-corrected chi connectivity index (χ3v) is 5.48. The van der Waals surface area contributed by atoms with Gasteiger partial charge in [0.1, 0.15) is 18.4 Å². The van der Waals surface area contributed by atoms with Crippen LogP contribution in [0.25, 0.3) is 10.9 Å². The molecule has 3 aromatic rings. The largest absolute Gasteiger partial charge is 0.383 e. The molecule has 152 valence electrons. The van der Waals surface area contributed by atoms with Crippen LogP contribution in [-0.4, -0.2) is 58.3 Å². The lowest BCUT2D eigenvalue weighted by molar-refractivity contribution is -0.114. The fraction of sp³-hybridized carbons (Fsp3) is 0.292. The molecule has 30 heavy (non-hydrogen) atoms. The number of carbonyl (C=O) groups excluding carboxylic acids is 1. The number of benzene rings is 2. The molecule has 0 aliphatic carbocycles. The minimum absolute atomic E-state index is 0.147. The molecule has 2 N–H and O–H groups in total. The van der Waals surface area contributed by atoms with Crippen LogP contribution in [0, 0.1) is 18.8 Å². The Bertz CT molecular complexity index is 1100. The molecule has 1 unspecified atom stereocenters. The van der Waals surface area contributed by atoms with Crippen LogP contribution >= 0.6 is 0 Å². The lowest BCUT2D eigenvalue weighted by Gasteiger charge is -2.38. The first-order valence-corrected chi connectivity index (χ1v) is 10.1. The summed E-state index contributed by atoms with van der Waals surface area (Å²) in [6.07, 6.45) is 2.52. The van der Waals surface area contributed by atoms with Crippen LogP contribution in [0.2, 0.25) is 0 Å². The van der Waals surface area contributed by atoms with Gasteiger partial charge in [-0.3, -0.25) is 9.80 Å². The van der Waals surface area contributed by atoms with Crippen molar-refractivity contribution in [2.24, 2.45) is 0 Å². The van der Waals surface area contributed by atoms with Crippen LogP contribution in [0.4, 0.5) is 5.82 Å². The first-order valence-electron chi connectivity index (χ1n) is 10.1. The second-order valence-electron chi connectivity index (χ2n) is 7.69. The molecule has 1 aromatic heterocycles. The number of aromatic nitrogens is 2. The highest BCUT2D eigenvalue weighted by Crippen LogP contribution is 2.20. The summed E-state index contributed by atoms with van der Waals surface area (Å²) in [6.45, 7) is 5.83. The minimum atomic E-state index is -0.147. The Morgan fingerprint density at radius 3 is 2.80 bits per heavy atom. The molecular weight excluding hydrogens is 374 g/mol. The van der Waals surface area contributed by atoms with Gasteiger partial charge in [0.15, 0.2) is 0 Å². The monoisotopic (exact) mass is 399 g/mol. The highest BCUT2D eigenvalue weighted by Gasteiger charge is 2.26. The van der Waals surface area contributed by atoms with Crippen LogP contribution in [0.15, 0.2) is 48.8 Å². The predicted molar refractivity (Wildman–Crippen MR) is 119 cm³/mol. The molecule has 2 heterocycles. The molecule has 0 bridgehead atoms. The zero-order valence-corrected chi connectivity index (χ0v) is 17.1. The maximum absolute atomic E-state index is 11.7. The molecule has 0 radical (unpaired) electrons. The van der Waals surface area contributed by atoms with Crippen molar-refractivity contribution in [1.82, 2.24) is 19.8 Å². The zero-order chi connectivity index (χ0) is 20.9. The molecule has 0 saturated carbocycles. The number of nitrogens with two attached hydrogens (primary N) is 1. The van der Waals surface area contributed by atoms with Gasteiger partial charge in [0, 0.05) is 37.1 Å². The van der Waals surface area contributed by atoms with E-state index >= 15 is 0 Å². The number of rotatable bonds is 4. The van der Waals surface area contributed by atoms with E-state index in [0.29, 0.717) is 25.5 Å². The first kappa shape index (κ1) is 20.0. The maximum Gasteiger partial charge on any atom is 0.138 e. The van der Waals surface area contributed by atoms with E-state index in [2.05, 4.69) is 50.7 Å². The van der Waals surface area contributed by atoms with Gasteiger partial charge in [0.05, 0.1) is 18.1 Å². The summed E-state index contributed by atoms with van der Waals surface area (Å²) in [5.41, 5.74) is 10.1. The third-order valence-electron chi connectivity index (χ3n) is 5.48. The highest BCUT2D eigenvalue weighted by molar-refractivity contribution is 5.88. The minimum Gasteiger partial charge on any atom is -0.383 e. The molecule has 0 amide bonds. The number of nitrogen functional groups attached to an aromatic ring is 1. The van der Waals surface area contributed by atoms with Gasteiger partial charge >= 0.3 is 0 Å². The molecule has 1 aliphatic rings. The quantitative estimate of drug-likeness (QED) is 0.536.